The molecule has 88 valence electrons. The van der Waals surface area contributed by atoms with Crippen molar-refractivity contribution in [2.45, 2.75) is 20.4 Å². The maximum Gasteiger partial charge on any atom is 0.349 e. The largest absolute Gasteiger partial charge is 0.383 e. The van der Waals surface area contributed by atoms with E-state index in [1.54, 1.807) is 4.90 Å². The molecule has 0 saturated carbocycles. The van der Waals surface area contributed by atoms with E-state index in [2.05, 4.69) is 4.98 Å². The van der Waals surface area contributed by atoms with Crippen LogP contribution in [0.2, 0.25) is 0 Å². The third-order valence-electron chi connectivity index (χ3n) is 2.32. The molecular weight excluding hydrogens is 208 g/mol. The highest BCUT2D eigenvalue weighted by atomic mass is 16.2. The van der Waals surface area contributed by atoms with Crippen molar-refractivity contribution in [1.82, 2.24) is 14.5 Å². The third-order valence-corrected chi connectivity index (χ3v) is 2.32. The summed E-state index contributed by atoms with van der Waals surface area (Å²) in [5, 5.41) is 0. The number of carbonyl (C=O) groups excluding carboxylic acids is 1. The zero-order valence-corrected chi connectivity index (χ0v) is 9.51. The lowest BCUT2D eigenvalue weighted by atomic mass is 10.4. The Morgan fingerprint density at radius 2 is 2.12 bits per heavy atom. The van der Waals surface area contributed by atoms with E-state index in [1.165, 1.54) is 16.8 Å². The molecule has 1 aromatic rings. The smallest absolute Gasteiger partial charge is 0.349 e. The summed E-state index contributed by atoms with van der Waals surface area (Å²) in [7, 11) is 0. The van der Waals surface area contributed by atoms with Crippen molar-refractivity contribution in [3.05, 3.63) is 22.7 Å². The fourth-order valence-electron chi connectivity index (χ4n) is 1.38. The minimum absolute atomic E-state index is 0.00773. The fraction of sp³-hybridized carbons (Fsp3) is 0.500. The Balaban J connectivity index is 2.81. The predicted molar refractivity (Wildman–Crippen MR) is 60.8 cm³/mol. The number of hydrogen-bond donors (Lipinski definition) is 1. The predicted octanol–water partition coefficient (Wildman–Crippen LogP) is -0.306. The molecule has 0 unspecified atom stereocenters. The van der Waals surface area contributed by atoms with Gasteiger partial charge in [0.1, 0.15) is 12.4 Å². The summed E-state index contributed by atoms with van der Waals surface area (Å²) in [5.41, 5.74) is 4.85. The molecule has 0 aromatic carbocycles. The van der Waals surface area contributed by atoms with E-state index in [4.69, 9.17) is 5.73 Å². The van der Waals surface area contributed by atoms with Crippen LogP contribution in [0.1, 0.15) is 13.8 Å². The van der Waals surface area contributed by atoms with Crippen LogP contribution >= 0.6 is 0 Å². The van der Waals surface area contributed by atoms with Crippen molar-refractivity contribution in [2.75, 3.05) is 18.8 Å². The molecule has 6 nitrogen and oxygen atoms in total. The van der Waals surface area contributed by atoms with Crippen molar-refractivity contribution in [1.29, 1.82) is 0 Å². The van der Waals surface area contributed by atoms with Gasteiger partial charge in [-0.25, -0.2) is 4.79 Å². The van der Waals surface area contributed by atoms with Gasteiger partial charge in [-0.15, -0.1) is 0 Å². The SMILES string of the molecule is CCN(CC)C(=O)Cn1ccc(N)nc1=O. The highest BCUT2D eigenvalue weighted by Crippen LogP contribution is 1.94. The molecule has 0 fully saturated rings. The summed E-state index contributed by atoms with van der Waals surface area (Å²) in [6.45, 7) is 5.06. The Kier molecular flexibility index (Phi) is 4.04. The summed E-state index contributed by atoms with van der Waals surface area (Å²) < 4.78 is 1.25. The summed E-state index contributed by atoms with van der Waals surface area (Å²) >= 11 is 0. The molecule has 16 heavy (non-hydrogen) atoms. The normalized spacial score (nSPS) is 10.1. The van der Waals surface area contributed by atoms with Gasteiger partial charge < -0.3 is 10.6 Å². The molecule has 0 atom stereocenters. The van der Waals surface area contributed by atoms with Gasteiger partial charge in [0, 0.05) is 19.3 Å². The number of nitrogens with two attached hydrogens (primary N) is 1. The molecule has 0 bridgehead atoms. The lowest BCUT2D eigenvalue weighted by Crippen LogP contribution is -2.36. The molecule has 1 aromatic heterocycles. The van der Waals surface area contributed by atoms with E-state index in [9.17, 15) is 9.59 Å². The van der Waals surface area contributed by atoms with Gasteiger partial charge in [-0.2, -0.15) is 4.98 Å². The number of anilines is 1. The summed E-state index contributed by atoms with van der Waals surface area (Å²) in [6.07, 6.45) is 1.48. The Hall–Kier alpha value is -1.85. The Labute approximate surface area is 93.7 Å². The standard InChI is InChI=1S/C10H16N4O2/c1-3-13(4-2)9(15)7-14-6-5-8(11)12-10(14)16/h5-6H,3-4,7H2,1-2H3,(H2,11,12,16). The second-order valence-corrected chi connectivity index (χ2v) is 3.33. The van der Waals surface area contributed by atoms with Crippen molar-refractivity contribution < 1.29 is 4.79 Å². The van der Waals surface area contributed by atoms with Crippen molar-refractivity contribution in [2.24, 2.45) is 0 Å². The zero-order chi connectivity index (χ0) is 12.1. The highest BCUT2D eigenvalue weighted by molar-refractivity contribution is 5.75. The molecule has 0 radical (unpaired) electrons. The van der Waals surface area contributed by atoms with E-state index in [0.717, 1.165) is 0 Å². The lowest BCUT2D eigenvalue weighted by molar-refractivity contribution is -0.131. The number of carbonyl (C=O) groups is 1. The number of likely N-dealkylation sites (N-methyl/N-ethyl adjacent to an activating group) is 1. The maximum absolute atomic E-state index is 11.7. The minimum Gasteiger partial charge on any atom is -0.383 e. The first kappa shape index (κ1) is 12.2. The van der Waals surface area contributed by atoms with Gasteiger partial charge >= 0.3 is 5.69 Å². The van der Waals surface area contributed by atoms with Crippen LogP contribution in [0.3, 0.4) is 0 Å². The average Bonchev–Trinajstić information content (AvgIpc) is 2.24. The Morgan fingerprint density at radius 3 is 2.62 bits per heavy atom. The number of nitrogens with zero attached hydrogens (tertiary/aromatic N) is 3. The van der Waals surface area contributed by atoms with Crippen LogP contribution in [-0.2, 0) is 11.3 Å². The first-order chi connectivity index (χ1) is 7.58. The second kappa shape index (κ2) is 5.29. The quantitative estimate of drug-likeness (QED) is 0.761. The molecule has 1 rings (SSSR count). The van der Waals surface area contributed by atoms with Crippen LogP contribution in [-0.4, -0.2) is 33.4 Å². The average molecular weight is 224 g/mol. The van der Waals surface area contributed by atoms with E-state index < -0.39 is 5.69 Å². The summed E-state index contributed by atoms with van der Waals surface area (Å²) in [4.78, 5) is 28.3. The number of rotatable bonds is 4. The van der Waals surface area contributed by atoms with Crippen LogP contribution in [0, 0.1) is 0 Å². The molecule has 1 heterocycles. The van der Waals surface area contributed by atoms with Gasteiger partial charge in [0.15, 0.2) is 0 Å². The number of aromatic nitrogens is 2. The molecule has 2 N–H and O–H groups in total. The molecule has 0 spiro atoms. The van der Waals surface area contributed by atoms with E-state index in [1.807, 2.05) is 13.8 Å². The van der Waals surface area contributed by atoms with Crippen LogP contribution in [0.25, 0.3) is 0 Å². The molecule has 0 aliphatic carbocycles. The lowest BCUT2D eigenvalue weighted by Gasteiger charge is -2.18. The van der Waals surface area contributed by atoms with Gasteiger partial charge in [-0.1, -0.05) is 0 Å². The Morgan fingerprint density at radius 1 is 1.50 bits per heavy atom. The van der Waals surface area contributed by atoms with Crippen LogP contribution in [0.5, 0.6) is 0 Å². The van der Waals surface area contributed by atoms with Crippen molar-refractivity contribution in [3.63, 3.8) is 0 Å². The van der Waals surface area contributed by atoms with Gasteiger partial charge in [0.05, 0.1) is 0 Å². The van der Waals surface area contributed by atoms with E-state index >= 15 is 0 Å². The van der Waals surface area contributed by atoms with Crippen LogP contribution in [0.4, 0.5) is 5.82 Å². The maximum atomic E-state index is 11.7. The van der Waals surface area contributed by atoms with Gasteiger partial charge in [0.2, 0.25) is 5.91 Å². The number of amides is 1. The topological polar surface area (TPSA) is 81.2 Å². The van der Waals surface area contributed by atoms with Crippen LogP contribution < -0.4 is 11.4 Å². The first-order valence-corrected chi connectivity index (χ1v) is 5.19. The fourth-order valence-corrected chi connectivity index (χ4v) is 1.38. The minimum atomic E-state index is -0.500. The Bertz CT molecular complexity index is 423. The molecule has 1 amide bonds. The third kappa shape index (κ3) is 2.82. The first-order valence-electron chi connectivity index (χ1n) is 5.19. The van der Waals surface area contributed by atoms with Crippen LogP contribution in [0.15, 0.2) is 17.1 Å². The zero-order valence-electron chi connectivity index (χ0n) is 9.51. The van der Waals surface area contributed by atoms with E-state index in [0.29, 0.717) is 13.1 Å². The van der Waals surface area contributed by atoms with Crippen molar-refractivity contribution in [3.8, 4) is 0 Å². The van der Waals surface area contributed by atoms with Crippen molar-refractivity contribution >= 4 is 11.7 Å². The molecule has 0 aliphatic heterocycles. The molecule has 6 heteroatoms. The number of hydrogen-bond acceptors (Lipinski definition) is 4. The monoisotopic (exact) mass is 224 g/mol. The molecular formula is C10H16N4O2. The van der Waals surface area contributed by atoms with Gasteiger partial charge in [0.25, 0.3) is 0 Å². The summed E-state index contributed by atoms with van der Waals surface area (Å²) in [5.74, 6) is 0.0650. The number of nitrogen functional groups attached to an aromatic ring is 1. The molecule has 0 aliphatic rings. The van der Waals surface area contributed by atoms with Gasteiger partial charge in [-0.05, 0) is 19.9 Å². The van der Waals surface area contributed by atoms with Gasteiger partial charge in [-0.3, -0.25) is 9.36 Å². The molecule has 0 saturated heterocycles. The highest BCUT2D eigenvalue weighted by Gasteiger charge is 2.10. The van der Waals surface area contributed by atoms with E-state index in [-0.39, 0.29) is 18.3 Å². The second-order valence-electron chi connectivity index (χ2n) is 3.33. The summed E-state index contributed by atoms with van der Waals surface area (Å²) in [6, 6.07) is 1.50.